The van der Waals surface area contributed by atoms with Crippen molar-refractivity contribution in [1.82, 2.24) is 0 Å². The van der Waals surface area contributed by atoms with Crippen LogP contribution < -0.4 is 5.73 Å². The normalized spacial score (nSPS) is 17.4. The average molecular weight is 223 g/mol. The number of nitrogens with two attached hydrogens (primary N) is 1. The second-order valence-electron chi connectivity index (χ2n) is 3.26. The van der Waals surface area contributed by atoms with Crippen LogP contribution >= 0.6 is 0 Å². The number of carboxylic acid groups (broad SMARTS) is 1. The van der Waals surface area contributed by atoms with Gasteiger partial charge in [-0.15, -0.1) is 0 Å². The molecule has 1 unspecified atom stereocenters. The van der Waals surface area contributed by atoms with E-state index < -0.39 is 11.9 Å². The molecule has 0 heterocycles. The Bertz CT molecular complexity index is 323. The maximum absolute atomic E-state index is 10.4. The SMILES string of the molecule is CCCCN.O=C=C1C=CC=CC1C(=O)O. The summed E-state index contributed by atoms with van der Waals surface area (Å²) >= 11 is 0. The summed E-state index contributed by atoms with van der Waals surface area (Å²) in [6.45, 7) is 2.98. The topological polar surface area (TPSA) is 80.4 Å². The first kappa shape index (κ1) is 14.4. The first-order valence-electron chi connectivity index (χ1n) is 5.20. The molecule has 0 amide bonds. The van der Waals surface area contributed by atoms with Gasteiger partial charge in [-0.2, -0.15) is 0 Å². The Kier molecular flexibility index (Phi) is 7.76. The minimum Gasteiger partial charge on any atom is -0.481 e. The van der Waals surface area contributed by atoms with Gasteiger partial charge in [0.15, 0.2) is 0 Å². The Morgan fingerprint density at radius 1 is 1.56 bits per heavy atom. The fourth-order valence-corrected chi connectivity index (χ4v) is 1.06. The molecule has 0 aromatic heterocycles. The molecule has 4 nitrogen and oxygen atoms in total. The minimum absolute atomic E-state index is 0.167. The Morgan fingerprint density at radius 2 is 2.25 bits per heavy atom. The van der Waals surface area contributed by atoms with E-state index in [1.165, 1.54) is 25.0 Å². The van der Waals surface area contributed by atoms with Gasteiger partial charge in [-0.1, -0.05) is 31.6 Å². The quantitative estimate of drug-likeness (QED) is 0.707. The molecule has 4 heteroatoms. The van der Waals surface area contributed by atoms with Gasteiger partial charge in [0.05, 0.1) is 5.57 Å². The number of carbonyl (C=O) groups is 1. The molecule has 1 atom stereocenters. The monoisotopic (exact) mass is 223 g/mol. The zero-order valence-electron chi connectivity index (χ0n) is 9.35. The van der Waals surface area contributed by atoms with Crippen molar-refractivity contribution >= 4 is 11.9 Å². The smallest absolute Gasteiger partial charge is 0.315 e. The van der Waals surface area contributed by atoms with Gasteiger partial charge in [-0.05, 0) is 19.0 Å². The van der Waals surface area contributed by atoms with E-state index in [9.17, 15) is 9.59 Å². The molecule has 0 aromatic carbocycles. The molecule has 0 saturated carbocycles. The number of aliphatic carboxylic acids is 1. The summed E-state index contributed by atoms with van der Waals surface area (Å²) in [7, 11) is 0. The van der Waals surface area contributed by atoms with Gasteiger partial charge in [0.2, 0.25) is 0 Å². The molecule has 1 rings (SSSR count). The van der Waals surface area contributed by atoms with Gasteiger partial charge in [0.1, 0.15) is 11.9 Å². The molecule has 0 bridgehead atoms. The largest absolute Gasteiger partial charge is 0.481 e. The first-order chi connectivity index (χ1) is 7.67. The number of rotatable bonds is 3. The van der Waals surface area contributed by atoms with E-state index in [-0.39, 0.29) is 5.57 Å². The van der Waals surface area contributed by atoms with Crippen LogP contribution in [-0.4, -0.2) is 23.6 Å². The maximum atomic E-state index is 10.4. The van der Waals surface area contributed by atoms with E-state index in [2.05, 4.69) is 6.92 Å². The average Bonchev–Trinajstić information content (AvgIpc) is 2.31. The lowest BCUT2D eigenvalue weighted by molar-refractivity contribution is -0.138. The highest BCUT2D eigenvalue weighted by atomic mass is 16.4. The summed E-state index contributed by atoms with van der Waals surface area (Å²) in [4.78, 5) is 20.6. The van der Waals surface area contributed by atoms with Crippen LogP contribution in [0.1, 0.15) is 19.8 Å². The van der Waals surface area contributed by atoms with Crippen molar-refractivity contribution in [2.75, 3.05) is 6.54 Å². The van der Waals surface area contributed by atoms with Crippen molar-refractivity contribution in [3.8, 4) is 0 Å². The van der Waals surface area contributed by atoms with Crippen LogP contribution in [0.3, 0.4) is 0 Å². The fourth-order valence-electron chi connectivity index (χ4n) is 1.06. The van der Waals surface area contributed by atoms with Crippen LogP contribution in [0.25, 0.3) is 0 Å². The molecule has 0 spiro atoms. The Labute approximate surface area is 95.1 Å². The third kappa shape index (κ3) is 5.29. The molecule has 88 valence electrons. The maximum Gasteiger partial charge on any atom is 0.315 e. The summed E-state index contributed by atoms with van der Waals surface area (Å²) in [5.74, 6) is -0.263. The Morgan fingerprint density at radius 3 is 2.56 bits per heavy atom. The lowest BCUT2D eigenvalue weighted by Crippen LogP contribution is -2.14. The second-order valence-corrected chi connectivity index (χ2v) is 3.26. The van der Waals surface area contributed by atoms with Crippen molar-refractivity contribution in [2.45, 2.75) is 19.8 Å². The number of carbonyl (C=O) groups excluding carboxylic acids is 1. The minimum atomic E-state index is -1.02. The van der Waals surface area contributed by atoms with Crippen LogP contribution in [0.2, 0.25) is 0 Å². The summed E-state index contributed by atoms with van der Waals surface area (Å²) in [6.07, 6.45) is 8.49. The molecule has 0 aromatic rings. The predicted molar refractivity (Wildman–Crippen MR) is 62.6 cm³/mol. The zero-order chi connectivity index (χ0) is 12.4. The van der Waals surface area contributed by atoms with E-state index >= 15 is 0 Å². The number of allylic oxidation sites excluding steroid dienone is 3. The highest BCUT2D eigenvalue weighted by Crippen LogP contribution is 2.15. The van der Waals surface area contributed by atoms with Crippen LogP contribution in [0.5, 0.6) is 0 Å². The lowest BCUT2D eigenvalue weighted by atomic mass is 9.96. The molecule has 1 aliphatic rings. The highest BCUT2D eigenvalue weighted by Gasteiger charge is 2.19. The van der Waals surface area contributed by atoms with Gasteiger partial charge in [0.25, 0.3) is 0 Å². The summed E-state index contributed by atoms with van der Waals surface area (Å²) in [5, 5.41) is 8.55. The van der Waals surface area contributed by atoms with Crippen molar-refractivity contribution < 1.29 is 14.7 Å². The van der Waals surface area contributed by atoms with Gasteiger partial charge in [-0.3, -0.25) is 4.79 Å². The molecular formula is C12H17NO3. The zero-order valence-corrected chi connectivity index (χ0v) is 9.35. The van der Waals surface area contributed by atoms with E-state index in [0.717, 1.165) is 6.54 Å². The van der Waals surface area contributed by atoms with Crippen LogP contribution in [0.4, 0.5) is 0 Å². The van der Waals surface area contributed by atoms with Crippen molar-refractivity contribution in [3.63, 3.8) is 0 Å². The molecule has 3 N–H and O–H groups in total. The first-order valence-corrected chi connectivity index (χ1v) is 5.20. The van der Waals surface area contributed by atoms with Crippen LogP contribution in [0.15, 0.2) is 29.9 Å². The van der Waals surface area contributed by atoms with E-state index in [1.54, 1.807) is 18.1 Å². The number of hydrogen-bond donors (Lipinski definition) is 2. The summed E-state index contributed by atoms with van der Waals surface area (Å²) in [6, 6.07) is 0. The number of unbranched alkanes of at least 4 members (excludes halogenated alkanes) is 1. The van der Waals surface area contributed by atoms with Crippen molar-refractivity contribution in [1.29, 1.82) is 0 Å². The van der Waals surface area contributed by atoms with Crippen molar-refractivity contribution in [3.05, 3.63) is 29.9 Å². The van der Waals surface area contributed by atoms with Gasteiger partial charge < -0.3 is 10.8 Å². The van der Waals surface area contributed by atoms with Crippen LogP contribution in [0, 0.1) is 5.92 Å². The van der Waals surface area contributed by atoms with Gasteiger partial charge in [0, 0.05) is 0 Å². The molecule has 0 aliphatic heterocycles. The molecule has 0 fully saturated rings. The van der Waals surface area contributed by atoms with E-state index in [0.29, 0.717) is 0 Å². The third-order valence-corrected chi connectivity index (χ3v) is 1.97. The number of hydrogen-bond acceptors (Lipinski definition) is 3. The van der Waals surface area contributed by atoms with E-state index in [1.807, 2.05) is 0 Å². The third-order valence-electron chi connectivity index (χ3n) is 1.97. The van der Waals surface area contributed by atoms with Crippen LogP contribution in [-0.2, 0) is 9.59 Å². The highest BCUT2D eigenvalue weighted by molar-refractivity contribution is 5.82. The summed E-state index contributed by atoms with van der Waals surface area (Å²) in [5.41, 5.74) is 5.31. The molecular weight excluding hydrogens is 206 g/mol. The molecule has 1 aliphatic carbocycles. The molecule has 0 saturated heterocycles. The molecule has 0 radical (unpaired) electrons. The van der Waals surface area contributed by atoms with Gasteiger partial charge in [-0.25, -0.2) is 4.79 Å². The van der Waals surface area contributed by atoms with Gasteiger partial charge >= 0.3 is 5.97 Å². The predicted octanol–water partition coefficient (Wildman–Crippen LogP) is 1.32. The summed E-state index contributed by atoms with van der Waals surface area (Å²) < 4.78 is 0. The second kappa shape index (κ2) is 8.65. The lowest BCUT2D eigenvalue weighted by Gasteiger charge is -2.06. The Hall–Kier alpha value is -1.64. The van der Waals surface area contributed by atoms with Crippen molar-refractivity contribution in [2.24, 2.45) is 11.7 Å². The fraction of sp³-hybridized carbons (Fsp3) is 0.417. The number of carboxylic acids is 1. The molecule has 16 heavy (non-hydrogen) atoms. The Balaban J connectivity index is 0.000000385. The standard InChI is InChI=1S/C8H6O3.C4H11N/c9-5-6-3-1-2-4-7(6)8(10)11;1-2-3-4-5/h1-4,7H,(H,10,11);2-5H2,1H3. The van der Waals surface area contributed by atoms with E-state index in [4.69, 9.17) is 10.8 Å².